The maximum Gasteiger partial charge on any atom is 0.140 e. The number of nitrogens with zero attached hydrogens (tertiary/aromatic N) is 2. The first-order valence-corrected chi connectivity index (χ1v) is 6.27. The minimum Gasteiger partial charge on any atom is -0.240 e. The molecule has 0 atom stereocenters. The first-order chi connectivity index (χ1) is 7.74. The average molecular weight is 251 g/mol. The van der Waals surface area contributed by atoms with Crippen LogP contribution in [-0.4, -0.2) is 9.97 Å². The summed E-state index contributed by atoms with van der Waals surface area (Å²) in [5.74, 6) is 1.50. The summed E-state index contributed by atoms with van der Waals surface area (Å²) < 4.78 is 0. The van der Waals surface area contributed by atoms with Crippen LogP contribution in [0.3, 0.4) is 0 Å². The zero-order valence-corrected chi connectivity index (χ0v) is 10.4. The number of thioether (sulfide) groups is 1. The van der Waals surface area contributed by atoms with Gasteiger partial charge in [-0.25, -0.2) is 9.97 Å². The van der Waals surface area contributed by atoms with E-state index in [4.69, 9.17) is 11.6 Å². The van der Waals surface area contributed by atoms with Gasteiger partial charge in [0.2, 0.25) is 0 Å². The molecule has 0 aliphatic carbocycles. The van der Waals surface area contributed by atoms with E-state index >= 15 is 0 Å². The first kappa shape index (κ1) is 11.4. The highest BCUT2D eigenvalue weighted by atomic mass is 35.5. The van der Waals surface area contributed by atoms with Crippen molar-refractivity contribution in [1.82, 2.24) is 9.97 Å². The average Bonchev–Trinajstić information content (AvgIpc) is 2.27. The third kappa shape index (κ3) is 3.22. The lowest BCUT2D eigenvalue weighted by molar-refractivity contribution is 1.03. The molecule has 2 rings (SSSR count). The molecule has 1 aromatic heterocycles. The lowest BCUT2D eigenvalue weighted by atomic mass is 10.2. The summed E-state index contributed by atoms with van der Waals surface area (Å²) in [5.41, 5.74) is 1.26. The quantitative estimate of drug-likeness (QED) is 0.613. The summed E-state index contributed by atoms with van der Waals surface area (Å²) in [6.45, 7) is 2.08. The zero-order valence-electron chi connectivity index (χ0n) is 8.85. The molecule has 0 unspecified atom stereocenters. The van der Waals surface area contributed by atoms with Crippen LogP contribution < -0.4 is 0 Å². The van der Waals surface area contributed by atoms with Crippen molar-refractivity contribution >= 4 is 23.4 Å². The molecule has 4 heteroatoms. The minimum absolute atomic E-state index is 0.495. The second-order valence-corrected chi connectivity index (χ2v) is 4.84. The van der Waals surface area contributed by atoms with E-state index in [-0.39, 0.29) is 0 Å². The van der Waals surface area contributed by atoms with Gasteiger partial charge in [-0.1, -0.05) is 29.3 Å². The lowest BCUT2D eigenvalue weighted by Gasteiger charge is -2.02. The molecule has 2 aromatic rings. The third-order valence-corrected chi connectivity index (χ3v) is 3.23. The van der Waals surface area contributed by atoms with Crippen molar-refractivity contribution in [3.05, 3.63) is 53.1 Å². The molecule has 16 heavy (non-hydrogen) atoms. The normalized spacial score (nSPS) is 10.4. The second kappa shape index (κ2) is 5.32. The zero-order chi connectivity index (χ0) is 11.4. The van der Waals surface area contributed by atoms with Crippen LogP contribution in [0.5, 0.6) is 0 Å². The lowest BCUT2D eigenvalue weighted by Crippen LogP contribution is -1.91. The maximum absolute atomic E-state index is 5.79. The van der Waals surface area contributed by atoms with E-state index in [1.807, 2.05) is 0 Å². The van der Waals surface area contributed by atoms with E-state index < -0.39 is 0 Å². The van der Waals surface area contributed by atoms with Crippen LogP contribution in [0.25, 0.3) is 0 Å². The van der Waals surface area contributed by atoms with Crippen molar-refractivity contribution in [3.8, 4) is 0 Å². The van der Waals surface area contributed by atoms with Crippen molar-refractivity contribution in [2.24, 2.45) is 0 Å². The highest BCUT2D eigenvalue weighted by Gasteiger charge is 1.99. The Morgan fingerprint density at radius 1 is 1.31 bits per heavy atom. The largest absolute Gasteiger partial charge is 0.240 e. The summed E-state index contributed by atoms with van der Waals surface area (Å²) in [4.78, 5) is 9.53. The van der Waals surface area contributed by atoms with Crippen molar-refractivity contribution in [2.75, 3.05) is 0 Å². The van der Waals surface area contributed by atoms with Gasteiger partial charge >= 0.3 is 0 Å². The number of benzene rings is 1. The molecule has 0 saturated carbocycles. The monoisotopic (exact) mass is 250 g/mol. The molecule has 2 nitrogen and oxygen atoms in total. The van der Waals surface area contributed by atoms with Crippen LogP contribution in [0.4, 0.5) is 0 Å². The Balaban J connectivity index is 2.02. The highest BCUT2D eigenvalue weighted by molar-refractivity contribution is 7.98. The molecule has 0 saturated heterocycles. The SMILES string of the molecule is Cc1cccc(SCc2nccc(Cl)n2)c1. The number of hydrogen-bond acceptors (Lipinski definition) is 3. The Morgan fingerprint density at radius 2 is 2.19 bits per heavy atom. The maximum atomic E-state index is 5.79. The Hall–Kier alpha value is -1.06. The van der Waals surface area contributed by atoms with Gasteiger partial charge < -0.3 is 0 Å². The third-order valence-electron chi connectivity index (χ3n) is 2.03. The second-order valence-electron chi connectivity index (χ2n) is 3.40. The fourth-order valence-electron chi connectivity index (χ4n) is 1.30. The van der Waals surface area contributed by atoms with Crippen LogP contribution in [0.15, 0.2) is 41.4 Å². The standard InChI is InChI=1S/C12H11ClN2S/c1-9-3-2-4-10(7-9)16-8-12-14-6-5-11(13)15-12/h2-7H,8H2,1H3. The van der Waals surface area contributed by atoms with Gasteiger partial charge in [-0.15, -0.1) is 11.8 Å². The number of aromatic nitrogens is 2. The fraction of sp³-hybridized carbons (Fsp3) is 0.167. The van der Waals surface area contributed by atoms with E-state index in [2.05, 4.69) is 41.2 Å². The molecule has 0 radical (unpaired) electrons. The van der Waals surface area contributed by atoms with Crippen LogP contribution in [0.1, 0.15) is 11.4 Å². The van der Waals surface area contributed by atoms with Crippen molar-refractivity contribution < 1.29 is 0 Å². The van der Waals surface area contributed by atoms with E-state index in [9.17, 15) is 0 Å². The van der Waals surface area contributed by atoms with E-state index in [0.717, 1.165) is 11.6 Å². The van der Waals surface area contributed by atoms with Crippen LogP contribution in [-0.2, 0) is 5.75 Å². The number of hydrogen-bond donors (Lipinski definition) is 0. The molecule has 0 amide bonds. The van der Waals surface area contributed by atoms with E-state index in [1.165, 1.54) is 10.5 Å². The van der Waals surface area contributed by atoms with Gasteiger partial charge in [0.15, 0.2) is 0 Å². The first-order valence-electron chi connectivity index (χ1n) is 4.91. The predicted octanol–water partition coefficient (Wildman–Crippen LogP) is 3.73. The molecule has 82 valence electrons. The molecular weight excluding hydrogens is 240 g/mol. The Morgan fingerprint density at radius 3 is 2.94 bits per heavy atom. The van der Waals surface area contributed by atoms with Crippen LogP contribution >= 0.6 is 23.4 Å². The molecule has 0 aliphatic heterocycles. The Bertz CT molecular complexity index is 442. The van der Waals surface area contributed by atoms with Crippen LogP contribution in [0, 0.1) is 6.92 Å². The Kier molecular flexibility index (Phi) is 3.80. The molecule has 0 aliphatic rings. The van der Waals surface area contributed by atoms with Gasteiger partial charge in [-0.05, 0) is 25.1 Å². The van der Waals surface area contributed by atoms with E-state index in [0.29, 0.717) is 5.15 Å². The fourth-order valence-corrected chi connectivity index (χ4v) is 2.33. The molecule has 0 spiro atoms. The van der Waals surface area contributed by atoms with Gasteiger partial charge in [0, 0.05) is 11.1 Å². The predicted molar refractivity (Wildman–Crippen MR) is 67.8 cm³/mol. The number of aryl methyl sites for hydroxylation is 1. The molecule has 0 fully saturated rings. The van der Waals surface area contributed by atoms with E-state index in [1.54, 1.807) is 24.0 Å². The molecule has 0 bridgehead atoms. The molecular formula is C12H11ClN2S. The number of rotatable bonds is 3. The van der Waals surface area contributed by atoms with Gasteiger partial charge in [0.1, 0.15) is 11.0 Å². The summed E-state index contributed by atoms with van der Waals surface area (Å²) >= 11 is 7.50. The molecule has 0 N–H and O–H groups in total. The van der Waals surface area contributed by atoms with Crippen LogP contribution in [0.2, 0.25) is 5.15 Å². The van der Waals surface area contributed by atoms with Crippen molar-refractivity contribution in [3.63, 3.8) is 0 Å². The highest BCUT2D eigenvalue weighted by Crippen LogP contribution is 2.22. The van der Waals surface area contributed by atoms with Gasteiger partial charge in [0.05, 0.1) is 5.75 Å². The van der Waals surface area contributed by atoms with Gasteiger partial charge in [0.25, 0.3) is 0 Å². The summed E-state index contributed by atoms with van der Waals surface area (Å²) in [6.07, 6.45) is 1.68. The molecule has 1 heterocycles. The van der Waals surface area contributed by atoms with Gasteiger partial charge in [-0.3, -0.25) is 0 Å². The van der Waals surface area contributed by atoms with Crippen molar-refractivity contribution in [1.29, 1.82) is 0 Å². The number of halogens is 1. The topological polar surface area (TPSA) is 25.8 Å². The smallest absolute Gasteiger partial charge is 0.140 e. The summed E-state index contributed by atoms with van der Waals surface area (Å²) in [7, 11) is 0. The van der Waals surface area contributed by atoms with Crippen molar-refractivity contribution in [2.45, 2.75) is 17.6 Å². The summed E-state index contributed by atoms with van der Waals surface area (Å²) in [6, 6.07) is 10.1. The minimum atomic E-state index is 0.495. The Labute approximate surface area is 104 Å². The summed E-state index contributed by atoms with van der Waals surface area (Å²) in [5, 5.41) is 0.495. The van der Waals surface area contributed by atoms with Gasteiger partial charge in [-0.2, -0.15) is 0 Å². The molecule has 1 aromatic carbocycles.